The van der Waals surface area contributed by atoms with Gasteiger partial charge >= 0.3 is 5.97 Å². The molecule has 0 spiro atoms. The normalized spacial score (nSPS) is 12.2. The maximum absolute atomic E-state index is 13.5. The number of carboxylic acid groups (broad SMARTS) is 1. The molecule has 1 aromatic rings. The molecule has 39 heteroatoms. The van der Waals surface area contributed by atoms with E-state index in [4.69, 9.17) is 114 Å². The topological polar surface area (TPSA) is 411 Å². The van der Waals surface area contributed by atoms with Gasteiger partial charge in [0.1, 0.15) is 23.7 Å². The molecule has 0 aliphatic heterocycles. The van der Waals surface area contributed by atoms with E-state index in [1.807, 2.05) is 31.6 Å². The Hall–Kier alpha value is -3.90. The molecule has 37 nitrogen and oxygen atoms in total. The van der Waals surface area contributed by atoms with Gasteiger partial charge in [-0.2, -0.15) is 27.0 Å². The van der Waals surface area contributed by atoms with Crippen LogP contribution in [0.1, 0.15) is 221 Å². The molecule has 4 N–H and O–H groups in total. The third kappa shape index (κ3) is 100. The van der Waals surface area contributed by atoms with E-state index >= 15 is 0 Å². The van der Waals surface area contributed by atoms with Crippen molar-refractivity contribution >= 4 is 62.2 Å². The van der Waals surface area contributed by atoms with Gasteiger partial charge in [-0.15, -0.1) is 5.10 Å². The molecule has 0 bridgehead atoms. The molecule has 0 aliphatic carbocycles. The SMILES string of the molecule is CCCCCCCCCCCCCCCC(=O)N[C@@H](CCC(=O)CCCCC[C@H](NC(=O)CCc1cn(CCCCC(C)(C)C)nn1)C(=O)NCCOCCOCCOCCOCCOCCOCCOCCOCCOCCOCCOCCOCCOCCOCCOCCOCCOCCOCCOCCOCCOCCOCCOCCOCCC(=O)C(C)(C)C)C(=O)O.S.S. The minimum absolute atomic E-state index is 0. The summed E-state index contributed by atoms with van der Waals surface area (Å²) in [6.07, 6.45) is 24.1. The number of aryl methyl sites for hydroxylation is 2. The van der Waals surface area contributed by atoms with Gasteiger partial charge in [-0.3, -0.25) is 28.7 Å². The third-order valence-corrected chi connectivity index (χ3v) is 20.1. The van der Waals surface area contributed by atoms with E-state index in [2.05, 4.69) is 54.0 Å². The number of nitrogens with one attached hydrogen (secondary N) is 3. The summed E-state index contributed by atoms with van der Waals surface area (Å²) in [7, 11) is 0. The van der Waals surface area contributed by atoms with Gasteiger partial charge in [0, 0.05) is 63.2 Å². The Balaban J connectivity index is 0. The highest BCUT2D eigenvalue weighted by atomic mass is 32.1. The molecule has 3 amide bonds. The summed E-state index contributed by atoms with van der Waals surface area (Å²) in [6.45, 7) is 37.1. The number of unbranched alkanes of at least 4 members (excludes halogenated alkanes) is 15. The lowest BCUT2D eigenvalue weighted by atomic mass is 9.89. The minimum Gasteiger partial charge on any atom is -0.480 e. The third-order valence-electron chi connectivity index (χ3n) is 20.1. The van der Waals surface area contributed by atoms with Gasteiger partial charge in [0.15, 0.2) is 0 Å². The van der Waals surface area contributed by atoms with Crippen molar-refractivity contribution in [1.82, 2.24) is 30.9 Å². The summed E-state index contributed by atoms with van der Waals surface area (Å²) >= 11 is 0. The van der Waals surface area contributed by atoms with Gasteiger partial charge in [-0.25, -0.2) is 4.79 Å². The van der Waals surface area contributed by atoms with E-state index < -0.39 is 18.1 Å². The second kappa shape index (κ2) is 103. The number of Topliss-reactive ketones (excluding diaryl/α,β-unsaturated/α-hetero) is 2. The Kier molecular flexibility index (Phi) is 102. The second-order valence-corrected chi connectivity index (χ2v) is 34.1. The smallest absolute Gasteiger partial charge is 0.326 e. The standard InChI is InChI=1S/C96H182N6O31.2H2S/c1-8-9-10-11-12-13-14-15-16-17-18-19-23-28-91(105)99-89(94(108)109)31-30-87(103)26-21-20-22-27-88(98-92(106)32-29-86-85-102(101-100-86)36-25-24-34-95(2,3)4)93(107)97-35-38-111-40-42-113-44-46-115-48-50-117-52-54-119-56-58-121-60-62-123-64-66-125-68-70-127-72-74-129-76-78-131-80-82-133-84-83-132-81-79-130-77-75-128-73-71-126-69-67-124-65-63-122-61-59-120-57-55-118-53-51-116-49-47-114-45-43-112-41-39-110-37-33-90(104)96(5,6)7;;/h85,88-89H,8-84H2,1-7H3,(H,97,107)(H,98,106)(H,99,105)(H,108,109);2*1H2/t88-,89-;;/m0../s1. The van der Waals surface area contributed by atoms with Crippen LogP contribution in [0.15, 0.2) is 6.20 Å². The van der Waals surface area contributed by atoms with E-state index in [9.17, 15) is 33.9 Å². The number of amides is 3. The molecule has 2 atom stereocenters. The van der Waals surface area contributed by atoms with Crippen molar-refractivity contribution in [3.63, 3.8) is 0 Å². The first kappa shape index (κ1) is 133. The first-order valence-corrected chi connectivity index (χ1v) is 49.8. The molecule has 0 aliphatic rings. The Morgan fingerprint density at radius 2 is 0.600 bits per heavy atom. The minimum atomic E-state index is -1.15. The van der Waals surface area contributed by atoms with Crippen LogP contribution in [0.3, 0.4) is 0 Å². The van der Waals surface area contributed by atoms with E-state index in [1.54, 1.807) is 0 Å². The molecule has 0 saturated heterocycles. The van der Waals surface area contributed by atoms with Crippen molar-refractivity contribution in [2.45, 2.75) is 240 Å². The predicted molar refractivity (Wildman–Crippen MR) is 523 cm³/mol. The zero-order chi connectivity index (χ0) is 96.4. The largest absolute Gasteiger partial charge is 0.480 e. The summed E-state index contributed by atoms with van der Waals surface area (Å²) in [5, 5.41) is 26.7. The summed E-state index contributed by atoms with van der Waals surface area (Å²) in [4.78, 5) is 76.2. The highest BCUT2D eigenvalue weighted by Gasteiger charge is 2.24. The maximum atomic E-state index is 13.5. The molecule has 0 aromatic carbocycles. The molecule has 0 unspecified atom stereocenters. The highest BCUT2D eigenvalue weighted by molar-refractivity contribution is 7.59. The van der Waals surface area contributed by atoms with Crippen LogP contribution in [0, 0.1) is 10.8 Å². The number of hydrogen-bond acceptors (Lipinski definition) is 32. The average molecular weight is 1980 g/mol. The number of carboxylic acids is 1. The van der Waals surface area contributed by atoms with Gasteiger partial charge in [0.2, 0.25) is 17.7 Å². The zero-order valence-electron chi connectivity index (χ0n) is 84.2. The van der Waals surface area contributed by atoms with Gasteiger partial charge in [0.25, 0.3) is 0 Å². The fourth-order valence-corrected chi connectivity index (χ4v) is 12.4. The first-order valence-electron chi connectivity index (χ1n) is 49.8. The van der Waals surface area contributed by atoms with Crippen molar-refractivity contribution in [3.05, 3.63) is 11.9 Å². The summed E-state index contributed by atoms with van der Waals surface area (Å²) < 4.78 is 135. The van der Waals surface area contributed by atoms with Crippen LogP contribution >= 0.6 is 27.0 Å². The number of carbonyl (C=O) groups is 6. The number of aliphatic carboxylic acids is 1. The quantitative estimate of drug-likeness (QED) is 0.0440. The monoisotopic (exact) mass is 1980 g/mol. The van der Waals surface area contributed by atoms with Crippen LogP contribution in [-0.4, -0.2) is 391 Å². The van der Waals surface area contributed by atoms with E-state index in [1.165, 1.54) is 57.8 Å². The second-order valence-electron chi connectivity index (χ2n) is 34.1. The maximum Gasteiger partial charge on any atom is 0.326 e. The number of ketones is 2. The van der Waals surface area contributed by atoms with Gasteiger partial charge < -0.3 is 135 Å². The predicted octanol–water partition coefficient (Wildman–Crippen LogP) is 10.0. The fraction of sp³-hybridized carbons (Fsp3) is 0.917. The van der Waals surface area contributed by atoms with Crippen molar-refractivity contribution in [2.24, 2.45) is 10.8 Å². The summed E-state index contributed by atoms with van der Waals surface area (Å²) in [6, 6.07) is -1.93. The van der Waals surface area contributed by atoms with E-state index in [-0.39, 0.29) is 112 Å². The van der Waals surface area contributed by atoms with E-state index in [0.29, 0.717) is 361 Å². The van der Waals surface area contributed by atoms with Gasteiger partial charge in [-0.05, 0) is 43.9 Å². The van der Waals surface area contributed by atoms with Crippen LogP contribution < -0.4 is 16.0 Å². The van der Waals surface area contributed by atoms with Crippen molar-refractivity contribution in [2.75, 3.05) is 324 Å². The first-order chi connectivity index (χ1) is 64.9. The number of aromatic nitrogens is 3. The molecule has 1 aromatic heterocycles. The molecule has 135 heavy (non-hydrogen) atoms. The molecule has 0 radical (unpaired) electrons. The summed E-state index contributed by atoms with van der Waals surface area (Å²) in [5.74, 6) is -1.98. The Bertz CT molecular complexity index is 2740. The number of rotatable bonds is 109. The highest BCUT2D eigenvalue weighted by Crippen LogP contribution is 2.22. The van der Waals surface area contributed by atoms with Crippen LogP contribution in [0.5, 0.6) is 0 Å². The zero-order valence-corrected chi connectivity index (χ0v) is 86.2. The molecule has 1 heterocycles. The Labute approximate surface area is 823 Å². The average Bonchev–Trinajstić information content (AvgIpc) is 1.82. The number of ether oxygens (including phenoxy) is 24. The van der Waals surface area contributed by atoms with Crippen molar-refractivity contribution in [3.8, 4) is 0 Å². The number of hydrogen-bond donors (Lipinski definition) is 4. The van der Waals surface area contributed by atoms with Crippen LogP contribution in [0.2, 0.25) is 0 Å². The van der Waals surface area contributed by atoms with Gasteiger partial charge in [0.05, 0.1) is 323 Å². The lowest BCUT2D eigenvalue weighted by Crippen LogP contribution is -2.47. The van der Waals surface area contributed by atoms with Crippen molar-refractivity contribution < 1.29 is 148 Å². The van der Waals surface area contributed by atoms with Crippen LogP contribution in [0.25, 0.3) is 0 Å². The molecule has 798 valence electrons. The Morgan fingerprint density at radius 1 is 0.319 bits per heavy atom. The molecule has 0 saturated carbocycles. The lowest BCUT2D eigenvalue weighted by Gasteiger charge is -2.18. The Morgan fingerprint density at radius 3 is 0.911 bits per heavy atom. The molecular weight excluding hydrogens is 1800 g/mol. The van der Waals surface area contributed by atoms with E-state index in [0.717, 1.165) is 45.1 Å². The molecular formula is C96H186N6O31S2. The number of carbonyl (C=O) groups excluding carboxylic acids is 5. The van der Waals surface area contributed by atoms with Gasteiger partial charge in [-0.1, -0.05) is 150 Å². The number of nitrogens with zero attached hydrogens (tertiary/aromatic N) is 3. The molecule has 1 rings (SSSR count). The van der Waals surface area contributed by atoms with Crippen molar-refractivity contribution in [1.29, 1.82) is 0 Å². The lowest BCUT2D eigenvalue weighted by molar-refractivity contribution is -0.142. The summed E-state index contributed by atoms with van der Waals surface area (Å²) in [5.41, 5.74) is 0.639. The van der Waals surface area contributed by atoms with Crippen LogP contribution in [-0.2, 0) is 155 Å². The van der Waals surface area contributed by atoms with Crippen LogP contribution in [0.4, 0.5) is 0 Å². The fourth-order valence-electron chi connectivity index (χ4n) is 12.4. The molecule has 0 fully saturated rings.